The van der Waals surface area contributed by atoms with Crippen LogP contribution < -0.4 is 10.2 Å². The Morgan fingerprint density at radius 2 is 1.75 bits per heavy atom. The van der Waals surface area contributed by atoms with E-state index >= 15 is 4.11 Å². The van der Waals surface area contributed by atoms with Gasteiger partial charge in [0.05, 0.1) is 36.6 Å². The van der Waals surface area contributed by atoms with Crippen LogP contribution in [0.5, 0.6) is 0 Å². The number of fused-ring (bicyclic) bond motifs is 2. The van der Waals surface area contributed by atoms with E-state index in [1.807, 2.05) is 37.3 Å². The summed E-state index contributed by atoms with van der Waals surface area (Å²) in [5.74, 6) is -2.10. The fourth-order valence-corrected chi connectivity index (χ4v) is 11.2. The molecular weight excluding hydrogens is 765 g/mol. The van der Waals surface area contributed by atoms with Crippen LogP contribution >= 0.6 is 11.6 Å². The van der Waals surface area contributed by atoms with Gasteiger partial charge in [0.1, 0.15) is 18.3 Å². The Kier molecular flexibility index (Phi) is 11.2. The second kappa shape index (κ2) is 15.7. The minimum atomic E-state index is -3.46. The highest BCUT2D eigenvalue weighted by molar-refractivity contribution is 6.72. The molecule has 56 heavy (non-hydrogen) atoms. The molecule has 3 aliphatic heterocycles. The Balaban J connectivity index is 1.10. The average molecular weight is 810 g/mol. The Bertz CT molecular complexity index is 2060. The van der Waals surface area contributed by atoms with E-state index in [4.69, 9.17) is 21.1 Å². The molecule has 6 N–H and O–H groups in total. The number of hydrogen-bond donors (Lipinski definition) is 6. The van der Waals surface area contributed by atoms with Gasteiger partial charge < -0.3 is 49.3 Å². The number of aromatic nitrogens is 3. The molecule has 17 heteroatoms. The lowest BCUT2D eigenvalue weighted by Crippen LogP contribution is -2.60. The van der Waals surface area contributed by atoms with Crippen molar-refractivity contribution in [3.63, 3.8) is 0 Å². The van der Waals surface area contributed by atoms with Gasteiger partial charge in [-0.15, -0.1) is 5.10 Å². The van der Waals surface area contributed by atoms with E-state index in [1.165, 1.54) is 0 Å². The maximum Gasteiger partial charge on any atom is 0.264 e. The molecule has 3 aromatic carbocycles. The number of hydrogen-bond acceptors (Lipinski definition) is 11. The van der Waals surface area contributed by atoms with Crippen LogP contribution in [0.4, 0.5) is 15.5 Å². The molecule has 0 saturated carbocycles. The van der Waals surface area contributed by atoms with Gasteiger partial charge in [0.25, 0.3) is 11.8 Å². The summed E-state index contributed by atoms with van der Waals surface area (Å²) in [6, 6.07) is 21.2. The van der Waals surface area contributed by atoms with Crippen molar-refractivity contribution in [2.24, 2.45) is 5.92 Å². The molecule has 0 radical (unpaired) electrons. The molecule has 14 nitrogen and oxygen atoms in total. The first-order valence-corrected chi connectivity index (χ1v) is 21.8. The smallest absolute Gasteiger partial charge is 0.264 e. The number of ether oxygens (including phenoxy) is 2. The van der Waals surface area contributed by atoms with Crippen LogP contribution in [0.2, 0.25) is 23.7 Å². The lowest BCUT2D eigenvalue weighted by Gasteiger charge is -2.37. The molecule has 2 saturated heterocycles. The lowest BCUT2D eigenvalue weighted by molar-refractivity contribution is -0.274. The summed E-state index contributed by atoms with van der Waals surface area (Å²) in [6.45, 7) is 5.44. The van der Waals surface area contributed by atoms with E-state index in [1.54, 1.807) is 71.3 Å². The van der Waals surface area contributed by atoms with E-state index in [-0.39, 0.29) is 25.0 Å². The van der Waals surface area contributed by atoms with Gasteiger partial charge in [-0.2, -0.15) is 0 Å². The summed E-state index contributed by atoms with van der Waals surface area (Å²) in [4.78, 5) is 29.2. The van der Waals surface area contributed by atoms with Crippen molar-refractivity contribution < 1.29 is 48.7 Å². The molecule has 2 amide bonds. The standard InChI is InChI=1S/C39H45ClFN5O9Si/c1-21-35(56(2,3)41)30(15-16-45-19-28(43-44-45)26(20-47)23-7-5-4-6-8-23)55-39(21)27-17-24(40)11-14-29(27)46(38(39)53)18-22-9-12-25(13-10-22)42-36(51)34-32(49)31(48)33(50)37(52)54-34/h4-14,17,19,21,26,30-35,37,47-50,52H,15-16,18,20H2,1-3H3,(H,42,51)/t21-,26?,30+,31+,32+,33-,34+,35-,37-,39+/m1/s1. The molecule has 4 aromatic rings. The number of aliphatic hydroxyl groups is 5. The number of rotatable bonds is 11. The summed E-state index contributed by atoms with van der Waals surface area (Å²) in [5, 5.41) is 61.5. The molecule has 298 valence electrons. The number of halogens is 2. The van der Waals surface area contributed by atoms with E-state index in [9.17, 15) is 35.1 Å². The van der Waals surface area contributed by atoms with Gasteiger partial charge in [0.2, 0.25) is 8.41 Å². The van der Waals surface area contributed by atoms with Crippen LogP contribution in [-0.2, 0) is 37.8 Å². The second-order valence-electron chi connectivity index (χ2n) is 15.3. The van der Waals surface area contributed by atoms with Crippen molar-refractivity contribution >= 4 is 43.2 Å². The van der Waals surface area contributed by atoms with Gasteiger partial charge in [-0.1, -0.05) is 66.2 Å². The van der Waals surface area contributed by atoms with Gasteiger partial charge in [-0.3, -0.25) is 14.3 Å². The second-order valence-corrected chi connectivity index (χ2v) is 19.5. The minimum absolute atomic E-state index is 0.112. The van der Waals surface area contributed by atoms with Gasteiger partial charge in [0.15, 0.2) is 18.0 Å². The molecule has 1 spiro atoms. The molecule has 1 unspecified atom stereocenters. The number of carbonyl (C=O) groups excluding carboxylic acids is 2. The number of aryl methyl sites for hydroxylation is 1. The number of nitrogens with zero attached hydrogens (tertiary/aromatic N) is 4. The zero-order valence-electron chi connectivity index (χ0n) is 30.9. The Hall–Kier alpha value is -4.10. The highest BCUT2D eigenvalue weighted by atomic mass is 35.5. The Morgan fingerprint density at radius 3 is 2.43 bits per heavy atom. The lowest BCUT2D eigenvalue weighted by atomic mass is 9.82. The zero-order valence-corrected chi connectivity index (χ0v) is 32.7. The van der Waals surface area contributed by atoms with E-state index < -0.39 is 68.2 Å². The summed E-state index contributed by atoms with van der Waals surface area (Å²) < 4.78 is 29.9. The maximum atomic E-state index is 16.4. The molecular formula is C39H45ClFN5O9Si. The highest BCUT2D eigenvalue weighted by Gasteiger charge is 2.66. The van der Waals surface area contributed by atoms with Gasteiger partial charge in [-0.25, -0.2) is 0 Å². The molecule has 0 aliphatic carbocycles. The first-order chi connectivity index (χ1) is 26.6. The fourth-order valence-electron chi connectivity index (χ4n) is 8.51. The number of aliphatic hydroxyl groups excluding tert-OH is 5. The van der Waals surface area contributed by atoms with Crippen molar-refractivity contribution in [1.82, 2.24) is 15.0 Å². The molecule has 0 bridgehead atoms. The Labute approximate surface area is 328 Å². The maximum absolute atomic E-state index is 16.4. The summed E-state index contributed by atoms with van der Waals surface area (Å²) in [6.07, 6.45) is -7.37. The monoisotopic (exact) mass is 809 g/mol. The van der Waals surface area contributed by atoms with Crippen molar-refractivity contribution in [2.75, 3.05) is 16.8 Å². The predicted molar refractivity (Wildman–Crippen MR) is 205 cm³/mol. The molecule has 3 aliphatic rings. The fraction of sp³-hybridized carbons (Fsp3) is 0.436. The van der Waals surface area contributed by atoms with Crippen LogP contribution in [0.15, 0.2) is 79.0 Å². The predicted octanol–water partition coefficient (Wildman–Crippen LogP) is 3.21. The van der Waals surface area contributed by atoms with Crippen LogP contribution in [-0.4, -0.2) is 104 Å². The third-order valence-electron chi connectivity index (χ3n) is 11.3. The largest absolute Gasteiger partial charge is 0.395 e. The number of amides is 2. The average Bonchev–Trinajstić information content (AvgIpc) is 3.82. The summed E-state index contributed by atoms with van der Waals surface area (Å²) in [7, 11) is -3.46. The highest BCUT2D eigenvalue weighted by Crippen LogP contribution is 2.60. The van der Waals surface area contributed by atoms with E-state index in [0.29, 0.717) is 46.2 Å². The van der Waals surface area contributed by atoms with E-state index in [0.717, 1.165) is 5.56 Å². The first kappa shape index (κ1) is 40.1. The van der Waals surface area contributed by atoms with Crippen LogP contribution in [0, 0.1) is 5.92 Å². The summed E-state index contributed by atoms with van der Waals surface area (Å²) in [5.41, 5.74) is 1.58. The number of benzene rings is 3. The third-order valence-corrected chi connectivity index (χ3v) is 14.0. The number of anilines is 2. The molecule has 10 atom stereocenters. The first-order valence-electron chi connectivity index (χ1n) is 18.5. The molecule has 1 aromatic heterocycles. The van der Waals surface area contributed by atoms with Gasteiger partial charge in [-0.05, 0) is 61.0 Å². The number of nitrogens with one attached hydrogen (secondary N) is 1. The van der Waals surface area contributed by atoms with Crippen LogP contribution in [0.3, 0.4) is 0 Å². The van der Waals surface area contributed by atoms with Crippen molar-refractivity contribution in [3.8, 4) is 0 Å². The quantitative estimate of drug-likeness (QED) is 0.0961. The summed E-state index contributed by atoms with van der Waals surface area (Å²) >= 11 is 6.54. The number of carbonyl (C=O) groups is 2. The van der Waals surface area contributed by atoms with Crippen molar-refractivity contribution in [1.29, 1.82) is 0 Å². The van der Waals surface area contributed by atoms with Crippen LogP contribution in [0.1, 0.15) is 41.6 Å². The van der Waals surface area contributed by atoms with Crippen LogP contribution in [0.25, 0.3) is 0 Å². The van der Waals surface area contributed by atoms with E-state index in [2.05, 4.69) is 15.6 Å². The Morgan fingerprint density at radius 1 is 1.04 bits per heavy atom. The van der Waals surface area contributed by atoms with Crippen molar-refractivity contribution in [2.45, 2.75) is 93.4 Å². The minimum Gasteiger partial charge on any atom is -0.395 e. The molecule has 2 fully saturated rings. The van der Waals surface area contributed by atoms with Crippen molar-refractivity contribution in [3.05, 3.63) is 106 Å². The van der Waals surface area contributed by atoms with Gasteiger partial charge >= 0.3 is 0 Å². The van der Waals surface area contributed by atoms with Gasteiger partial charge in [0, 0.05) is 40.5 Å². The topological polar surface area (TPSA) is 200 Å². The zero-order chi connectivity index (χ0) is 40.1. The molecule has 7 rings (SSSR count). The normalized spacial score (nSPS) is 29.5. The third kappa shape index (κ3) is 7.29. The molecule has 4 heterocycles. The SMILES string of the molecule is C[C@@H]1[C@@H]([Si](C)(C)F)[C@H](CCn2cc(C(CO)c3ccccc3)nn2)O[C@@]12C(=O)N(Cc1ccc(NC(=O)[C@H]3O[C@@H](O)[C@H](O)[C@@H](O)[C@@H]3O)cc1)c1ccc(Cl)cc12.